The van der Waals surface area contributed by atoms with Gasteiger partial charge in [0.2, 0.25) is 5.75 Å². The Morgan fingerprint density at radius 3 is 2.39 bits per heavy atom. The van der Waals surface area contributed by atoms with Crippen molar-refractivity contribution in [2.45, 2.75) is 19.6 Å². The van der Waals surface area contributed by atoms with E-state index in [0.717, 1.165) is 5.56 Å². The molecule has 0 spiro atoms. The Balaban J connectivity index is 1.71. The first-order chi connectivity index (χ1) is 18.4. The number of amides is 1. The minimum Gasteiger partial charge on any atom is -0.493 e. The van der Waals surface area contributed by atoms with Crippen LogP contribution in [0.5, 0.6) is 23.0 Å². The molecule has 0 saturated heterocycles. The van der Waals surface area contributed by atoms with Crippen LogP contribution in [0, 0.1) is 0 Å². The number of thiophene rings is 1. The van der Waals surface area contributed by atoms with Gasteiger partial charge in [0.25, 0.3) is 5.91 Å². The lowest BCUT2D eigenvalue weighted by molar-refractivity contribution is -0.131. The number of anilines is 1. The number of hydrogen-bond donors (Lipinski definition) is 1. The minimum atomic E-state index is -0.658. The summed E-state index contributed by atoms with van der Waals surface area (Å²) in [7, 11) is 11.1. The molecule has 1 aliphatic heterocycles. The van der Waals surface area contributed by atoms with Crippen LogP contribution in [-0.4, -0.2) is 46.0 Å². The highest BCUT2D eigenvalue weighted by Gasteiger charge is 2.38. The standard InChI is InChI=1S/C28H25BN2O6S/c1-15(32)37-19-12-8-11-17-21-27(38-25(17)19)30-26(31(28(21)33)14-16-9-6-5-7-10-16)18-13-20(34-2)23(35-3)24(36-4)22(18)29/h5-13,26,30H,14H2,1-4H3. The van der Waals surface area contributed by atoms with Crippen LogP contribution in [0.3, 0.4) is 0 Å². The summed E-state index contributed by atoms with van der Waals surface area (Å²) in [4.78, 5) is 27.6. The van der Waals surface area contributed by atoms with Gasteiger partial charge in [-0.2, -0.15) is 0 Å². The van der Waals surface area contributed by atoms with E-state index in [9.17, 15) is 9.59 Å². The van der Waals surface area contributed by atoms with Crippen molar-refractivity contribution < 1.29 is 28.5 Å². The van der Waals surface area contributed by atoms with E-state index >= 15 is 0 Å². The highest BCUT2D eigenvalue weighted by molar-refractivity contribution is 7.23. The molecular formula is C28H25BN2O6S. The SMILES string of the molecule is [B]c1c(C2Nc3sc4c(OC(C)=O)cccc4c3C(=O)N2Cc2ccccc2)cc(OC)c(OC)c1OC. The molecule has 1 unspecified atom stereocenters. The first-order valence-corrected chi connectivity index (χ1v) is 12.6. The van der Waals surface area contributed by atoms with Crippen molar-refractivity contribution in [2.75, 3.05) is 26.6 Å². The quantitative estimate of drug-likeness (QED) is 0.216. The van der Waals surface area contributed by atoms with Crippen LogP contribution in [0.15, 0.2) is 54.6 Å². The molecule has 4 aromatic rings. The highest BCUT2D eigenvalue weighted by atomic mass is 32.1. The number of nitrogens with zero attached hydrogens (tertiary/aromatic N) is 1. The molecule has 38 heavy (non-hydrogen) atoms. The van der Waals surface area contributed by atoms with E-state index in [0.29, 0.717) is 61.2 Å². The molecule has 5 rings (SSSR count). The van der Waals surface area contributed by atoms with Gasteiger partial charge in [-0.1, -0.05) is 42.5 Å². The van der Waals surface area contributed by atoms with Crippen molar-refractivity contribution in [3.63, 3.8) is 0 Å². The second-order valence-corrected chi connectivity index (χ2v) is 9.67. The fourth-order valence-electron chi connectivity index (χ4n) is 4.72. The van der Waals surface area contributed by atoms with E-state index in [1.54, 1.807) is 23.1 Å². The number of carbonyl (C=O) groups is 2. The molecule has 1 atom stereocenters. The topological polar surface area (TPSA) is 86.3 Å². The molecule has 0 aliphatic carbocycles. The maximum Gasteiger partial charge on any atom is 0.308 e. The van der Waals surface area contributed by atoms with Crippen molar-refractivity contribution in [2.24, 2.45) is 0 Å². The van der Waals surface area contributed by atoms with Gasteiger partial charge in [-0.3, -0.25) is 9.59 Å². The number of esters is 1. The summed E-state index contributed by atoms with van der Waals surface area (Å²) in [5.41, 5.74) is 2.37. The lowest BCUT2D eigenvalue weighted by atomic mass is 9.86. The Kier molecular flexibility index (Phi) is 6.90. The van der Waals surface area contributed by atoms with Gasteiger partial charge in [0.1, 0.15) is 24.8 Å². The minimum absolute atomic E-state index is 0.188. The molecule has 2 heterocycles. The predicted molar refractivity (Wildman–Crippen MR) is 147 cm³/mol. The number of nitrogens with one attached hydrogen (secondary N) is 1. The zero-order valence-electron chi connectivity index (χ0n) is 21.4. The van der Waals surface area contributed by atoms with Gasteiger partial charge in [0, 0.05) is 18.9 Å². The second kappa shape index (κ2) is 10.3. The van der Waals surface area contributed by atoms with Crippen LogP contribution >= 0.6 is 11.3 Å². The molecule has 1 aromatic heterocycles. The molecule has 1 aliphatic rings. The Bertz CT molecular complexity index is 1540. The van der Waals surface area contributed by atoms with Gasteiger partial charge in [-0.25, -0.2) is 0 Å². The molecule has 3 aromatic carbocycles. The first kappa shape index (κ1) is 25.5. The second-order valence-electron chi connectivity index (χ2n) is 8.65. The monoisotopic (exact) mass is 528 g/mol. The molecule has 0 bridgehead atoms. The van der Waals surface area contributed by atoms with E-state index in [-0.39, 0.29) is 5.91 Å². The number of benzene rings is 3. The summed E-state index contributed by atoms with van der Waals surface area (Å²) in [6.07, 6.45) is -0.658. The number of methoxy groups -OCH3 is 3. The number of hydrogen-bond acceptors (Lipinski definition) is 8. The Morgan fingerprint density at radius 2 is 1.74 bits per heavy atom. The number of rotatable bonds is 7. The van der Waals surface area contributed by atoms with E-state index < -0.39 is 12.1 Å². The third-order valence-corrected chi connectivity index (χ3v) is 7.53. The fourth-order valence-corrected chi connectivity index (χ4v) is 5.88. The molecule has 0 fully saturated rings. The zero-order valence-corrected chi connectivity index (χ0v) is 22.2. The molecule has 2 radical (unpaired) electrons. The molecule has 0 saturated carbocycles. The van der Waals surface area contributed by atoms with Gasteiger partial charge < -0.3 is 29.2 Å². The van der Waals surface area contributed by atoms with E-state index in [1.165, 1.54) is 39.6 Å². The number of carbonyl (C=O) groups excluding carboxylic acids is 2. The smallest absolute Gasteiger partial charge is 0.308 e. The van der Waals surface area contributed by atoms with Crippen molar-refractivity contribution in [1.29, 1.82) is 0 Å². The maximum absolute atomic E-state index is 14.2. The van der Waals surface area contributed by atoms with Crippen molar-refractivity contribution in [1.82, 2.24) is 4.90 Å². The summed E-state index contributed by atoms with van der Waals surface area (Å²) in [5.74, 6) is 0.879. The van der Waals surface area contributed by atoms with Crippen molar-refractivity contribution >= 4 is 51.6 Å². The summed E-state index contributed by atoms with van der Waals surface area (Å²) in [5, 5.41) is 4.87. The average molecular weight is 528 g/mol. The summed E-state index contributed by atoms with van der Waals surface area (Å²) in [6.45, 7) is 1.66. The van der Waals surface area contributed by atoms with E-state index in [1.807, 2.05) is 36.4 Å². The van der Waals surface area contributed by atoms with Crippen LogP contribution < -0.4 is 29.7 Å². The maximum atomic E-state index is 14.2. The van der Waals surface area contributed by atoms with Crippen LogP contribution in [-0.2, 0) is 11.3 Å². The molecule has 8 nitrogen and oxygen atoms in total. The lowest BCUT2D eigenvalue weighted by Crippen LogP contribution is -2.43. The Labute approximate surface area is 225 Å². The average Bonchev–Trinajstić information content (AvgIpc) is 3.30. The van der Waals surface area contributed by atoms with Crippen LogP contribution in [0.2, 0.25) is 0 Å². The van der Waals surface area contributed by atoms with Gasteiger partial charge in [0.15, 0.2) is 11.5 Å². The molecule has 10 heteroatoms. The molecule has 1 N–H and O–H groups in total. The fraction of sp³-hybridized carbons (Fsp3) is 0.214. The van der Waals surface area contributed by atoms with Crippen LogP contribution in [0.1, 0.15) is 34.6 Å². The molecule has 192 valence electrons. The van der Waals surface area contributed by atoms with E-state index in [2.05, 4.69) is 5.32 Å². The van der Waals surface area contributed by atoms with Gasteiger partial charge in [-0.15, -0.1) is 11.3 Å². The van der Waals surface area contributed by atoms with Gasteiger partial charge in [0.05, 0.1) is 31.6 Å². The van der Waals surface area contributed by atoms with Crippen LogP contribution in [0.25, 0.3) is 10.1 Å². The largest absolute Gasteiger partial charge is 0.493 e. The third-order valence-electron chi connectivity index (χ3n) is 6.38. The van der Waals surface area contributed by atoms with Gasteiger partial charge >= 0.3 is 5.97 Å². The Morgan fingerprint density at radius 1 is 1.00 bits per heavy atom. The summed E-state index contributed by atoms with van der Waals surface area (Å²) in [6, 6.07) is 16.8. The molecular weight excluding hydrogens is 503 g/mol. The van der Waals surface area contributed by atoms with E-state index in [4.69, 9.17) is 26.8 Å². The Hall–Kier alpha value is -4.18. The van der Waals surface area contributed by atoms with Crippen LogP contribution in [0.4, 0.5) is 5.00 Å². The summed E-state index contributed by atoms with van der Waals surface area (Å²) >= 11 is 1.35. The van der Waals surface area contributed by atoms with Crippen molar-refractivity contribution in [3.05, 3.63) is 71.3 Å². The normalized spacial score (nSPS) is 14.6. The molecule has 1 amide bonds. The predicted octanol–water partition coefficient (Wildman–Crippen LogP) is 4.41. The third kappa shape index (κ3) is 4.30. The summed E-state index contributed by atoms with van der Waals surface area (Å²) < 4.78 is 22.8. The number of fused-ring (bicyclic) bond motifs is 3. The number of ether oxygens (including phenoxy) is 4. The highest BCUT2D eigenvalue weighted by Crippen LogP contribution is 2.47. The van der Waals surface area contributed by atoms with Gasteiger partial charge in [-0.05, 0) is 28.7 Å². The first-order valence-electron chi connectivity index (χ1n) is 11.8. The zero-order chi connectivity index (χ0) is 27.0. The lowest BCUT2D eigenvalue weighted by Gasteiger charge is -2.38. The van der Waals surface area contributed by atoms with Crippen molar-refractivity contribution in [3.8, 4) is 23.0 Å².